The first-order valence-electron chi connectivity index (χ1n) is 7.38. The van der Waals surface area contributed by atoms with Crippen molar-refractivity contribution < 1.29 is 9.66 Å². The molecule has 0 atom stereocenters. The summed E-state index contributed by atoms with van der Waals surface area (Å²) in [5.41, 5.74) is 1.06. The van der Waals surface area contributed by atoms with Gasteiger partial charge in [0.1, 0.15) is 11.5 Å². The second-order valence-corrected chi connectivity index (χ2v) is 4.93. The summed E-state index contributed by atoms with van der Waals surface area (Å²) in [6, 6.07) is 16.0. The van der Waals surface area contributed by atoms with Crippen LogP contribution < -0.4 is 4.74 Å². The summed E-state index contributed by atoms with van der Waals surface area (Å²) in [6.07, 6.45) is 5.23. The molecule has 0 spiro atoms. The van der Waals surface area contributed by atoms with Crippen molar-refractivity contribution in [3.05, 3.63) is 76.4 Å². The third-order valence-corrected chi connectivity index (χ3v) is 3.22. The van der Waals surface area contributed by atoms with Crippen molar-refractivity contribution in [2.75, 3.05) is 0 Å². The number of hydrogen-bond donors (Lipinski definition) is 0. The molecule has 0 N–H and O–H groups in total. The minimum Gasteiger partial charge on any atom is -0.457 e. The number of unbranched alkanes of at least 4 members (excludes halogenated alkanes) is 2. The predicted octanol–water partition coefficient (Wildman–Crippen LogP) is 5.20. The molecule has 114 valence electrons. The van der Waals surface area contributed by atoms with Gasteiger partial charge in [0.25, 0.3) is 5.69 Å². The Morgan fingerprint density at radius 1 is 1.14 bits per heavy atom. The van der Waals surface area contributed by atoms with Crippen LogP contribution in [0.15, 0.2) is 60.7 Å². The Hall–Kier alpha value is -2.62. The zero-order valence-corrected chi connectivity index (χ0v) is 12.6. The molecule has 4 nitrogen and oxygen atoms in total. The van der Waals surface area contributed by atoms with Crippen LogP contribution in [0.1, 0.15) is 31.7 Å². The lowest BCUT2D eigenvalue weighted by Gasteiger charge is -2.10. The van der Waals surface area contributed by atoms with Gasteiger partial charge in [0, 0.05) is 17.7 Å². The number of non-ortho nitro benzene ring substituents is 1. The number of allylic oxidation sites excluding steroid dienone is 1. The van der Waals surface area contributed by atoms with E-state index in [1.54, 1.807) is 12.1 Å². The summed E-state index contributed by atoms with van der Waals surface area (Å²) >= 11 is 0. The average Bonchev–Trinajstić information content (AvgIpc) is 2.55. The molecule has 2 rings (SSSR count). The van der Waals surface area contributed by atoms with E-state index < -0.39 is 4.92 Å². The second kappa shape index (κ2) is 7.98. The number of nitro benzene ring substituents is 1. The molecular formula is C18H19NO3. The van der Waals surface area contributed by atoms with Crippen LogP contribution >= 0.6 is 0 Å². The average molecular weight is 297 g/mol. The number of benzene rings is 2. The van der Waals surface area contributed by atoms with Crippen LogP contribution in [0.5, 0.6) is 5.75 Å². The Kier molecular flexibility index (Phi) is 5.72. The van der Waals surface area contributed by atoms with E-state index in [9.17, 15) is 10.1 Å². The van der Waals surface area contributed by atoms with Crippen LogP contribution in [-0.2, 0) is 0 Å². The zero-order chi connectivity index (χ0) is 15.8. The molecule has 22 heavy (non-hydrogen) atoms. The Balaban J connectivity index is 2.19. The van der Waals surface area contributed by atoms with Crippen molar-refractivity contribution in [1.29, 1.82) is 0 Å². The third-order valence-electron chi connectivity index (χ3n) is 3.22. The van der Waals surface area contributed by atoms with Gasteiger partial charge in [0.15, 0.2) is 0 Å². The van der Waals surface area contributed by atoms with Crippen molar-refractivity contribution in [3.63, 3.8) is 0 Å². The second-order valence-electron chi connectivity index (χ2n) is 4.93. The smallest absolute Gasteiger partial charge is 0.269 e. The lowest BCUT2D eigenvalue weighted by molar-refractivity contribution is -0.384. The molecule has 0 unspecified atom stereocenters. The maximum atomic E-state index is 10.7. The standard InChI is InChI=1S/C18H19NO3/c1-2-3-5-10-18(15-8-6-4-7-9-15)22-17-13-11-16(12-14-17)19(20)21/h4,6-14H,2-3,5H2,1H3/b18-10+. The molecule has 0 aromatic heterocycles. The Labute approximate surface area is 130 Å². The molecule has 0 saturated carbocycles. The van der Waals surface area contributed by atoms with Gasteiger partial charge >= 0.3 is 0 Å². The van der Waals surface area contributed by atoms with Gasteiger partial charge in [-0.05, 0) is 31.1 Å². The molecule has 0 radical (unpaired) electrons. The molecule has 0 aliphatic heterocycles. The van der Waals surface area contributed by atoms with Gasteiger partial charge in [-0.25, -0.2) is 0 Å². The molecule has 2 aromatic rings. The summed E-state index contributed by atoms with van der Waals surface area (Å²) < 4.78 is 5.92. The van der Waals surface area contributed by atoms with Crippen molar-refractivity contribution in [3.8, 4) is 5.75 Å². The highest BCUT2D eigenvalue weighted by Crippen LogP contribution is 2.24. The lowest BCUT2D eigenvalue weighted by atomic mass is 10.1. The summed E-state index contributed by atoms with van der Waals surface area (Å²) in [7, 11) is 0. The summed E-state index contributed by atoms with van der Waals surface area (Å²) in [4.78, 5) is 10.3. The molecule has 0 fully saturated rings. The van der Waals surface area contributed by atoms with Gasteiger partial charge < -0.3 is 4.74 Å². The fourth-order valence-electron chi connectivity index (χ4n) is 2.02. The molecule has 0 saturated heterocycles. The van der Waals surface area contributed by atoms with Crippen LogP contribution in [0.25, 0.3) is 5.76 Å². The number of nitrogens with zero attached hydrogens (tertiary/aromatic N) is 1. The summed E-state index contributed by atoms with van der Waals surface area (Å²) in [5.74, 6) is 1.38. The maximum absolute atomic E-state index is 10.7. The van der Waals surface area contributed by atoms with Gasteiger partial charge in [-0.3, -0.25) is 10.1 Å². The molecule has 0 heterocycles. The van der Waals surface area contributed by atoms with Gasteiger partial charge in [-0.2, -0.15) is 0 Å². The van der Waals surface area contributed by atoms with E-state index in [2.05, 4.69) is 13.0 Å². The van der Waals surface area contributed by atoms with Crippen molar-refractivity contribution >= 4 is 11.4 Å². The van der Waals surface area contributed by atoms with E-state index in [1.807, 2.05) is 30.3 Å². The molecule has 0 amide bonds. The van der Waals surface area contributed by atoms with Crippen LogP contribution in [0, 0.1) is 10.1 Å². The van der Waals surface area contributed by atoms with E-state index in [0.717, 1.165) is 30.6 Å². The van der Waals surface area contributed by atoms with E-state index in [-0.39, 0.29) is 5.69 Å². The topological polar surface area (TPSA) is 52.4 Å². The van der Waals surface area contributed by atoms with Gasteiger partial charge in [-0.15, -0.1) is 0 Å². The highest BCUT2D eigenvalue weighted by molar-refractivity contribution is 5.62. The monoisotopic (exact) mass is 297 g/mol. The largest absolute Gasteiger partial charge is 0.457 e. The zero-order valence-electron chi connectivity index (χ0n) is 12.6. The maximum Gasteiger partial charge on any atom is 0.269 e. The minimum absolute atomic E-state index is 0.0589. The van der Waals surface area contributed by atoms with Crippen LogP contribution in [-0.4, -0.2) is 4.92 Å². The fraction of sp³-hybridized carbons (Fsp3) is 0.222. The van der Waals surface area contributed by atoms with Gasteiger partial charge in [0.05, 0.1) is 4.92 Å². The van der Waals surface area contributed by atoms with Gasteiger partial charge in [0.2, 0.25) is 0 Å². The lowest BCUT2D eigenvalue weighted by Crippen LogP contribution is -1.96. The highest BCUT2D eigenvalue weighted by Gasteiger charge is 2.07. The van der Waals surface area contributed by atoms with E-state index >= 15 is 0 Å². The highest BCUT2D eigenvalue weighted by atomic mass is 16.6. The summed E-state index contributed by atoms with van der Waals surface area (Å²) in [5, 5.41) is 10.7. The minimum atomic E-state index is -0.418. The SMILES string of the molecule is CCCC/C=C(/Oc1ccc([N+](=O)[O-])cc1)c1ccccc1. The number of hydrogen-bond acceptors (Lipinski definition) is 3. The van der Waals surface area contributed by atoms with Crippen molar-refractivity contribution in [1.82, 2.24) is 0 Å². The predicted molar refractivity (Wildman–Crippen MR) is 87.7 cm³/mol. The molecule has 2 aromatic carbocycles. The van der Waals surface area contributed by atoms with Crippen LogP contribution in [0.2, 0.25) is 0 Å². The first kappa shape index (κ1) is 15.8. The van der Waals surface area contributed by atoms with Crippen molar-refractivity contribution in [2.24, 2.45) is 0 Å². The van der Waals surface area contributed by atoms with Gasteiger partial charge in [-0.1, -0.05) is 43.7 Å². The van der Waals surface area contributed by atoms with Crippen molar-refractivity contribution in [2.45, 2.75) is 26.2 Å². The first-order chi connectivity index (χ1) is 10.7. The van der Waals surface area contributed by atoms with E-state index in [4.69, 9.17) is 4.74 Å². The van der Waals surface area contributed by atoms with Crippen LogP contribution in [0.4, 0.5) is 5.69 Å². The molecular weight excluding hydrogens is 278 g/mol. The number of ether oxygens (including phenoxy) is 1. The summed E-state index contributed by atoms with van der Waals surface area (Å²) in [6.45, 7) is 2.15. The normalized spacial score (nSPS) is 11.2. The fourth-order valence-corrected chi connectivity index (χ4v) is 2.02. The molecule has 0 aliphatic rings. The quantitative estimate of drug-likeness (QED) is 0.305. The van der Waals surface area contributed by atoms with E-state index in [0.29, 0.717) is 5.75 Å². The third kappa shape index (κ3) is 4.45. The Bertz CT molecular complexity index is 633. The molecule has 4 heteroatoms. The number of nitro groups is 1. The van der Waals surface area contributed by atoms with E-state index in [1.165, 1.54) is 12.1 Å². The Morgan fingerprint density at radius 2 is 1.82 bits per heavy atom. The number of rotatable bonds is 7. The first-order valence-corrected chi connectivity index (χ1v) is 7.38. The van der Waals surface area contributed by atoms with Crippen LogP contribution in [0.3, 0.4) is 0 Å². The Morgan fingerprint density at radius 3 is 2.41 bits per heavy atom. The molecule has 0 aliphatic carbocycles. The molecule has 0 bridgehead atoms.